The van der Waals surface area contributed by atoms with E-state index < -0.39 is 36.2 Å². The van der Waals surface area contributed by atoms with Gasteiger partial charge in [-0.3, -0.25) is 4.39 Å². The van der Waals surface area contributed by atoms with Gasteiger partial charge in [0.2, 0.25) is 0 Å². The maximum Gasteiger partial charge on any atom is 0.190 e. The maximum atomic E-state index is 15.0. The highest BCUT2D eigenvalue weighted by atomic mass is 19.1. The Labute approximate surface area is 209 Å². The van der Waals surface area contributed by atoms with Crippen LogP contribution in [-0.4, -0.2) is 26.5 Å². The van der Waals surface area contributed by atoms with Gasteiger partial charge in [0, 0.05) is 23.5 Å². The van der Waals surface area contributed by atoms with E-state index in [0.717, 1.165) is 42.5 Å². The third-order valence-corrected chi connectivity index (χ3v) is 6.25. The number of ether oxygens (including phenoxy) is 3. The first-order valence-corrected chi connectivity index (χ1v) is 12.3. The number of alkyl halides is 1. The van der Waals surface area contributed by atoms with Crippen molar-refractivity contribution < 1.29 is 31.8 Å². The Balaban J connectivity index is 1.45. The SMILES string of the molecule is CCCCC1COC(c2ccc(-c3ccc(-c4cc(F)c(OCCCF)c(F)c4)c(F)c3)cc2)OC1. The molecular formula is C29H30F4O3. The van der Waals surface area contributed by atoms with Crippen molar-refractivity contribution in [3.05, 3.63) is 77.6 Å². The molecule has 4 rings (SSSR count). The molecule has 3 nitrogen and oxygen atoms in total. The molecule has 0 amide bonds. The Morgan fingerprint density at radius 1 is 0.806 bits per heavy atom. The van der Waals surface area contributed by atoms with Gasteiger partial charge in [0.15, 0.2) is 23.7 Å². The highest BCUT2D eigenvalue weighted by Crippen LogP contribution is 2.34. The molecule has 1 saturated heterocycles. The lowest BCUT2D eigenvalue weighted by molar-refractivity contribution is -0.206. The summed E-state index contributed by atoms with van der Waals surface area (Å²) in [6.07, 6.45) is 3.03. The topological polar surface area (TPSA) is 27.7 Å². The van der Waals surface area contributed by atoms with Gasteiger partial charge in [0.05, 0.1) is 26.5 Å². The minimum atomic E-state index is -0.966. The minimum Gasteiger partial charge on any atom is -0.488 e. The second-order valence-electron chi connectivity index (χ2n) is 8.98. The van der Waals surface area contributed by atoms with Gasteiger partial charge >= 0.3 is 0 Å². The fraction of sp³-hybridized carbons (Fsp3) is 0.379. The average molecular weight is 503 g/mol. The van der Waals surface area contributed by atoms with E-state index in [2.05, 4.69) is 6.92 Å². The van der Waals surface area contributed by atoms with Gasteiger partial charge in [-0.1, -0.05) is 56.2 Å². The van der Waals surface area contributed by atoms with Gasteiger partial charge < -0.3 is 14.2 Å². The van der Waals surface area contributed by atoms with Crippen molar-refractivity contribution in [1.29, 1.82) is 0 Å². The summed E-state index contributed by atoms with van der Waals surface area (Å²) in [4.78, 5) is 0. The zero-order chi connectivity index (χ0) is 25.5. The Hall–Kier alpha value is -2.90. The smallest absolute Gasteiger partial charge is 0.190 e. The molecule has 0 atom stereocenters. The van der Waals surface area contributed by atoms with Crippen molar-refractivity contribution in [1.82, 2.24) is 0 Å². The largest absolute Gasteiger partial charge is 0.488 e. The predicted octanol–water partition coefficient (Wildman–Crippen LogP) is 8.03. The molecule has 1 aliphatic heterocycles. The van der Waals surface area contributed by atoms with Crippen molar-refractivity contribution in [3.63, 3.8) is 0 Å². The molecule has 1 heterocycles. The highest BCUT2D eigenvalue weighted by Gasteiger charge is 2.23. The van der Waals surface area contributed by atoms with E-state index >= 15 is 0 Å². The van der Waals surface area contributed by atoms with E-state index in [1.54, 1.807) is 6.07 Å². The Bertz CT molecular complexity index is 1120. The summed E-state index contributed by atoms with van der Waals surface area (Å²) in [5.74, 6) is -2.71. The van der Waals surface area contributed by atoms with Crippen LogP contribution in [0.15, 0.2) is 54.6 Å². The van der Waals surface area contributed by atoms with Crippen LogP contribution in [0, 0.1) is 23.4 Å². The van der Waals surface area contributed by atoms with Gasteiger partial charge in [-0.15, -0.1) is 0 Å². The lowest BCUT2D eigenvalue weighted by Crippen LogP contribution is -2.27. The molecular weight excluding hydrogens is 472 g/mol. The molecule has 0 spiro atoms. The van der Waals surface area contributed by atoms with Crippen LogP contribution >= 0.6 is 0 Å². The van der Waals surface area contributed by atoms with Gasteiger partial charge in [-0.25, -0.2) is 13.2 Å². The van der Waals surface area contributed by atoms with E-state index in [1.807, 2.05) is 24.3 Å². The molecule has 3 aromatic rings. The summed E-state index contributed by atoms with van der Waals surface area (Å²) in [6, 6.07) is 14.1. The van der Waals surface area contributed by atoms with Crippen LogP contribution in [0.1, 0.15) is 44.5 Å². The van der Waals surface area contributed by atoms with Crippen molar-refractivity contribution in [2.45, 2.75) is 38.9 Å². The number of hydrogen-bond donors (Lipinski definition) is 0. The summed E-state index contributed by atoms with van der Waals surface area (Å²) < 4.78 is 72.7. The lowest BCUT2D eigenvalue weighted by atomic mass is 9.98. The number of halogens is 4. The number of benzene rings is 3. The first kappa shape index (κ1) is 26.2. The third kappa shape index (κ3) is 6.26. The standard InChI is InChI=1S/C29H30F4O3/c1-2-3-5-19-17-35-29(36-18-19)21-8-6-20(7-9-21)22-10-11-24(25(31)14-22)23-15-26(32)28(27(33)16-23)34-13-4-12-30/h6-11,14-16,19,29H,2-5,12-13,17-18H2,1H3. The van der Waals surface area contributed by atoms with Crippen LogP contribution in [0.3, 0.4) is 0 Å². The average Bonchev–Trinajstić information content (AvgIpc) is 2.89. The van der Waals surface area contributed by atoms with Crippen molar-refractivity contribution >= 4 is 0 Å². The normalized spacial score (nSPS) is 17.8. The predicted molar refractivity (Wildman–Crippen MR) is 131 cm³/mol. The van der Waals surface area contributed by atoms with Crippen LogP contribution in [0.4, 0.5) is 17.6 Å². The fourth-order valence-electron chi connectivity index (χ4n) is 4.24. The second kappa shape index (κ2) is 12.4. The molecule has 192 valence electrons. The third-order valence-electron chi connectivity index (χ3n) is 6.25. The Morgan fingerprint density at radius 2 is 1.44 bits per heavy atom. The quantitative estimate of drug-likeness (QED) is 0.207. The van der Waals surface area contributed by atoms with Gasteiger partial charge in [0.1, 0.15) is 5.82 Å². The van der Waals surface area contributed by atoms with Crippen LogP contribution in [0.2, 0.25) is 0 Å². The van der Waals surface area contributed by atoms with Crippen LogP contribution in [0.25, 0.3) is 22.3 Å². The summed E-state index contributed by atoms with van der Waals surface area (Å²) in [6.45, 7) is 2.71. The monoisotopic (exact) mass is 502 g/mol. The Morgan fingerprint density at radius 3 is 2.06 bits per heavy atom. The first-order valence-electron chi connectivity index (χ1n) is 12.3. The molecule has 7 heteroatoms. The summed E-state index contributed by atoms with van der Waals surface area (Å²) in [5, 5.41) is 0. The summed E-state index contributed by atoms with van der Waals surface area (Å²) >= 11 is 0. The molecule has 0 unspecified atom stereocenters. The molecule has 0 aromatic heterocycles. The van der Waals surface area contributed by atoms with Crippen LogP contribution < -0.4 is 4.74 Å². The maximum absolute atomic E-state index is 15.0. The molecule has 0 saturated carbocycles. The van der Waals surface area contributed by atoms with E-state index in [1.165, 1.54) is 12.1 Å². The molecule has 0 aliphatic carbocycles. The van der Waals surface area contributed by atoms with E-state index in [-0.39, 0.29) is 24.2 Å². The minimum absolute atomic E-state index is 0.0257. The van der Waals surface area contributed by atoms with E-state index in [0.29, 0.717) is 24.7 Å². The Kier molecular flexibility index (Phi) is 8.99. The zero-order valence-corrected chi connectivity index (χ0v) is 20.2. The van der Waals surface area contributed by atoms with Crippen molar-refractivity contribution in [2.75, 3.05) is 26.5 Å². The van der Waals surface area contributed by atoms with Gasteiger partial charge in [-0.2, -0.15) is 0 Å². The molecule has 36 heavy (non-hydrogen) atoms. The summed E-state index contributed by atoms with van der Waals surface area (Å²) in [5.41, 5.74) is 2.41. The number of rotatable bonds is 10. The molecule has 0 radical (unpaired) electrons. The van der Waals surface area contributed by atoms with Crippen LogP contribution in [-0.2, 0) is 9.47 Å². The number of hydrogen-bond acceptors (Lipinski definition) is 3. The molecule has 0 bridgehead atoms. The summed E-state index contributed by atoms with van der Waals surface area (Å²) in [7, 11) is 0. The second-order valence-corrected chi connectivity index (χ2v) is 8.98. The van der Waals surface area contributed by atoms with Crippen molar-refractivity contribution in [2.24, 2.45) is 5.92 Å². The lowest BCUT2D eigenvalue weighted by Gasteiger charge is -2.29. The van der Waals surface area contributed by atoms with E-state index in [4.69, 9.17) is 14.2 Å². The van der Waals surface area contributed by atoms with E-state index in [9.17, 15) is 17.6 Å². The van der Waals surface area contributed by atoms with Gasteiger partial charge in [-0.05, 0) is 41.3 Å². The molecule has 0 N–H and O–H groups in total. The zero-order valence-electron chi connectivity index (χ0n) is 20.2. The number of unbranched alkanes of at least 4 members (excludes halogenated alkanes) is 1. The first-order chi connectivity index (χ1) is 17.5. The molecule has 3 aromatic carbocycles. The fourth-order valence-corrected chi connectivity index (χ4v) is 4.24. The van der Waals surface area contributed by atoms with Crippen LogP contribution in [0.5, 0.6) is 5.75 Å². The van der Waals surface area contributed by atoms with Gasteiger partial charge in [0.25, 0.3) is 0 Å². The van der Waals surface area contributed by atoms with Crippen molar-refractivity contribution in [3.8, 4) is 28.0 Å². The highest BCUT2D eigenvalue weighted by molar-refractivity contribution is 5.71. The molecule has 1 aliphatic rings. The molecule has 1 fully saturated rings.